The molecule has 1 spiro atoms. The van der Waals surface area contributed by atoms with Crippen molar-refractivity contribution in [1.29, 1.82) is 0 Å². The van der Waals surface area contributed by atoms with Gasteiger partial charge in [-0.25, -0.2) is 0 Å². The smallest absolute Gasteiger partial charge is 0.232 e. The Kier molecular flexibility index (Phi) is 5.00. The van der Waals surface area contributed by atoms with Crippen LogP contribution >= 0.6 is 11.8 Å². The summed E-state index contributed by atoms with van der Waals surface area (Å²) in [6.45, 7) is 4.68. The lowest BCUT2D eigenvalue weighted by molar-refractivity contribution is -0.128. The Morgan fingerprint density at radius 3 is 2.77 bits per heavy atom. The van der Waals surface area contributed by atoms with Crippen molar-refractivity contribution in [3.8, 4) is 0 Å². The van der Waals surface area contributed by atoms with E-state index in [4.69, 9.17) is 9.26 Å². The number of rotatable bonds is 4. The monoisotopic (exact) mass is 373 g/mol. The molecule has 1 atom stereocenters. The fraction of sp³-hybridized carbons (Fsp3) is 0.526. The summed E-state index contributed by atoms with van der Waals surface area (Å²) in [7, 11) is 0. The predicted octanol–water partition coefficient (Wildman–Crippen LogP) is 2.89. The molecule has 7 heteroatoms. The minimum atomic E-state index is -0.00963. The van der Waals surface area contributed by atoms with Crippen LogP contribution in [-0.2, 0) is 9.53 Å². The van der Waals surface area contributed by atoms with Crippen LogP contribution in [0.3, 0.4) is 0 Å². The summed E-state index contributed by atoms with van der Waals surface area (Å²) in [5.41, 5.74) is -0.00963. The van der Waals surface area contributed by atoms with Crippen molar-refractivity contribution in [3.05, 3.63) is 42.0 Å². The first-order valence-electron chi connectivity index (χ1n) is 9.00. The number of aryl methyl sites for hydroxylation is 1. The zero-order valence-corrected chi connectivity index (χ0v) is 15.7. The molecule has 4 rings (SSSR count). The first-order chi connectivity index (χ1) is 12.7. The van der Waals surface area contributed by atoms with Crippen molar-refractivity contribution in [1.82, 2.24) is 15.0 Å². The summed E-state index contributed by atoms with van der Waals surface area (Å²) in [5, 5.41) is 3.96. The van der Waals surface area contributed by atoms with E-state index in [2.05, 4.69) is 10.1 Å². The molecule has 0 N–H and O–H groups in total. The molecule has 0 aliphatic carbocycles. The molecule has 1 amide bonds. The first kappa shape index (κ1) is 17.5. The van der Waals surface area contributed by atoms with Crippen molar-refractivity contribution >= 4 is 17.7 Å². The van der Waals surface area contributed by atoms with Crippen LogP contribution in [0.2, 0.25) is 0 Å². The van der Waals surface area contributed by atoms with Gasteiger partial charge in [0.05, 0.1) is 11.7 Å². The SMILES string of the molecule is Cc1noc([C@H]2CN(C(=O)CSc3ccccc3)CC23CCOCC3)n1. The molecule has 1 aromatic carbocycles. The Morgan fingerprint density at radius 2 is 2.08 bits per heavy atom. The van der Waals surface area contributed by atoms with Gasteiger partial charge in [-0.15, -0.1) is 11.8 Å². The van der Waals surface area contributed by atoms with Gasteiger partial charge in [-0.05, 0) is 31.9 Å². The van der Waals surface area contributed by atoms with Gasteiger partial charge in [0.2, 0.25) is 11.8 Å². The summed E-state index contributed by atoms with van der Waals surface area (Å²) in [5.74, 6) is 2.02. The minimum absolute atomic E-state index is 0.00963. The van der Waals surface area contributed by atoms with E-state index >= 15 is 0 Å². The Bertz CT molecular complexity index is 758. The second-order valence-electron chi connectivity index (χ2n) is 7.08. The van der Waals surface area contributed by atoms with E-state index in [0.717, 1.165) is 37.5 Å². The van der Waals surface area contributed by atoms with E-state index in [0.29, 0.717) is 24.0 Å². The van der Waals surface area contributed by atoms with E-state index in [1.807, 2.05) is 42.2 Å². The third-order valence-electron chi connectivity index (χ3n) is 5.44. The van der Waals surface area contributed by atoms with Crippen LogP contribution < -0.4 is 0 Å². The third-order valence-corrected chi connectivity index (χ3v) is 6.43. The molecule has 0 radical (unpaired) electrons. The molecule has 0 unspecified atom stereocenters. The van der Waals surface area contributed by atoms with Gasteiger partial charge >= 0.3 is 0 Å². The summed E-state index contributed by atoms with van der Waals surface area (Å²) in [6.07, 6.45) is 1.85. The average Bonchev–Trinajstić information content (AvgIpc) is 3.25. The number of carbonyl (C=O) groups is 1. The third kappa shape index (κ3) is 3.50. The molecule has 2 fully saturated rings. The fourth-order valence-electron chi connectivity index (χ4n) is 3.99. The Morgan fingerprint density at radius 1 is 1.31 bits per heavy atom. The number of nitrogens with zero attached hydrogens (tertiary/aromatic N) is 3. The largest absolute Gasteiger partial charge is 0.381 e. The molecule has 26 heavy (non-hydrogen) atoms. The van der Waals surface area contributed by atoms with Crippen molar-refractivity contribution in [2.75, 3.05) is 32.1 Å². The van der Waals surface area contributed by atoms with Gasteiger partial charge in [-0.3, -0.25) is 4.79 Å². The van der Waals surface area contributed by atoms with Gasteiger partial charge < -0.3 is 14.2 Å². The number of likely N-dealkylation sites (tertiary alicyclic amines) is 1. The quantitative estimate of drug-likeness (QED) is 0.768. The summed E-state index contributed by atoms with van der Waals surface area (Å²) >= 11 is 1.58. The Balaban J connectivity index is 1.48. The Hall–Kier alpha value is -1.86. The van der Waals surface area contributed by atoms with Crippen LogP contribution in [0.15, 0.2) is 39.8 Å². The van der Waals surface area contributed by atoms with Crippen LogP contribution in [-0.4, -0.2) is 53.0 Å². The van der Waals surface area contributed by atoms with Crippen molar-refractivity contribution in [2.24, 2.45) is 5.41 Å². The lowest BCUT2D eigenvalue weighted by atomic mass is 9.72. The molecule has 1 aromatic heterocycles. The zero-order chi connectivity index (χ0) is 18.0. The van der Waals surface area contributed by atoms with Crippen LogP contribution in [0.25, 0.3) is 0 Å². The summed E-state index contributed by atoms with van der Waals surface area (Å²) in [6, 6.07) is 10.0. The van der Waals surface area contributed by atoms with Gasteiger partial charge in [0.1, 0.15) is 0 Å². The molecule has 2 saturated heterocycles. The first-order valence-corrected chi connectivity index (χ1v) is 9.98. The number of amides is 1. The van der Waals surface area contributed by atoms with Crippen LogP contribution in [0.4, 0.5) is 0 Å². The fourth-order valence-corrected chi connectivity index (χ4v) is 4.81. The number of carbonyl (C=O) groups excluding carboxylic acids is 1. The predicted molar refractivity (Wildman–Crippen MR) is 98.0 cm³/mol. The highest BCUT2D eigenvalue weighted by atomic mass is 32.2. The van der Waals surface area contributed by atoms with E-state index in [1.165, 1.54) is 0 Å². The van der Waals surface area contributed by atoms with Crippen LogP contribution in [0, 0.1) is 12.3 Å². The highest BCUT2D eigenvalue weighted by molar-refractivity contribution is 8.00. The highest BCUT2D eigenvalue weighted by Gasteiger charge is 2.51. The maximum atomic E-state index is 12.8. The maximum Gasteiger partial charge on any atom is 0.232 e. The molecular weight excluding hydrogens is 350 g/mol. The van der Waals surface area contributed by atoms with Crippen LogP contribution in [0.1, 0.15) is 30.5 Å². The van der Waals surface area contributed by atoms with Crippen molar-refractivity contribution < 1.29 is 14.1 Å². The van der Waals surface area contributed by atoms with Crippen molar-refractivity contribution in [3.63, 3.8) is 0 Å². The Labute approximate surface area is 157 Å². The van der Waals surface area contributed by atoms with E-state index in [1.54, 1.807) is 11.8 Å². The molecular formula is C19H23N3O3S. The minimum Gasteiger partial charge on any atom is -0.381 e. The number of ether oxygens (including phenoxy) is 1. The number of hydrogen-bond acceptors (Lipinski definition) is 6. The lowest BCUT2D eigenvalue weighted by Crippen LogP contribution is -2.37. The molecule has 2 aliphatic heterocycles. The van der Waals surface area contributed by atoms with Gasteiger partial charge in [-0.2, -0.15) is 4.98 Å². The van der Waals surface area contributed by atoms with Gasteiger partial charge in [0.25, 0.3) is 0 Å². The van der Waals surface area contributed by atoms with E-state index < -0.39 is 0 Å². The molecule has 0 bridgehead atoms. The second kappa shape index (κ2) is 7.40. The molecule has 2 aromatic rings. The van der Waals surface area contributed by atoms with Gasteiger partial charge in [0.15, 0.2) is 5.82 Å². The van der Waals surface area contributed by atoms with E-state index in [-0.39, 0.29) is 17.2 Å². The number of thioether (sulfide) groups is 1. The summed E-state index contributed by atoms with van der Waals surface area (Å²) < 4.78 is 11.1. The second-order valence-corrected chi connectivity index (χ2v) is 8.13. The highest BCUT2D eigenvalue weighted by Crippen LogP contribution is 2.49. The topological polar surface area (TPSA) is 68.5 Å². The molecule has 0 saturated carbocycles. The maximum absolute atomic E-state index is 12.8. The number of benzene rings is 1. The van der Waals surface area contributed by atoms with Gasteiger partial charge in [0, 0.05) is 36.6 Å². The molecule has 2 aliphatic rings. The average molecular weight is 373 g/mol. The lowest BCUT2D eigenvalue weighted by Gasteiger charge is -2.36. The standard InChI is InChI=1S/C19H23N3O3S/c1-14-20-18(25-21-14)16-11-22(13-19(16)7-9-24-10-8-19)17(23)12-26-15-5-3-2-4-6-15/h2-6,16H,7-13H2,1H3/t16-/m1/s1. The van der Waals surface area contributed by atoms with Gasteiger partial charge in [-0.1, -0.05) is 23.4 Å². The van der Waals surface area contributed by atoms with E-state index in [9.17, 15) is 4.79 Å². The zero-order valence-electron chi connectivity index (χ0n) is 14.9. The number of aromatic nitrogens is 2. The van der Waals surface area contributed by atoms with Crippen molar-refractivity contribution in [2.45, 2.75) is 30.6 Å². The normalized spacial score (nSPS) is 22.0. The van der Waals surface area contributed by atoms with Crippen LogP contribution in [0.5, 0.6) is 0 Å². The molecule has 3 heterocycles. The molecule has 138 valence electrons. The molecule has 6 nitrogen and oxygen atoms in total. The summed E-state index contributed by atoms with van der Waals surface area (Å²) in [4.78, 5) is 20.4. The number of hydrogen-bond donors (Lipinski definition) is 0.